The van der Waals surface area contributed by atoms with Crippen molar-refractivity contribution >= 4 is 43.2 Å². The zero-order valence-electron chi connectivity index (χ0n) is 12.0. The number of thiophene rings is 1. The molecule has 0 spiro atoms. The highest BCUT2D eigenvalue weighted by molar-refractivity contribution is 9.10. The van der Waals surface area contributed by atoms with Gasteiger partial charge in [0, 0.05) is 9.75 Å². The quantitative estimate of drug-likeness (QED) is 0.520. The largest absolute Gasteiger partial charge is 0.493 e. The van der Waals surface area contributed by atoms with Crippen molar-refractivity contribution in [2.75, 3.05) is 6.61 Å². The van der Waals surface area contributed by atoms with Crippen LogP contribution in [-0.4, -0.2) is 6.61 Å². The van der Waals surface area contributed by atoms with Gasteiger partial charge in [-0.25, -0.2) is 0 Å². The lowest BCUT2D eigenvalue weighted by atomic mass is 9.99. The van der Waals surface area contributed by atoms with E-state index in [1.165, 1.54) is 36.1 Å². The van der Waals surface area contributed by atoms with Crippen LogP contribution in [0.15, 0.2) is 28.7 Å². The summed E-state index contributed by atoms with van der Waals surface area (Å²) < 4.78 is 6.60. The van der Waals surface area contributed by atoms with E-state index in [1.807, 2.05) is 24.3 Å². The van der Waals surface area contributed by atoms with Crippen molar-refractivity contribution in [2.45, 2.75) is 37.4 Å². The molecule has 3 rings (SSSR count). The van der Waals surface area contributed by atoms with Crippen molar-refractivity contribution < 1.29 is 4.74 Å². The first-order chi connectivity index (χ1) is 10.2. The molecule has 1 nitrogen and oxygen atoms in total. The summed E-state index contributed by atoms with van der Waals surface area (Å²) in [4.78, 5) is 3.27. The van der Waals surface area contributed by atoms with E-state index in [2.05, 4.69) is 50.1 Å². The van der Waals surface area contributed by atoms with Crippen molar-refractivity contribution in [3.63, 3.8) is 0 Å². The molecule has 0 radical (unpaired) electrons. The Morgan fingerprint density at radius 3 is 2.76 bits per heavy atom. The highest BCUT2D eigenvalue weighted by atomic mass is 79.9. The van der Waals surface area contributed by atoms with E-state index in [4.69, 9.17) is 4.74 Å². The molecule has 0 amide bonds. The van der Waals surface area contributed by atoms with Crippen LogP contribution in [-0.2, 0) is 12.8 Å². The number of hydrogen-bond acceptors (Lipinski definition) is 2. The van der Waals surface area contributed by atoms with Gasteiger partial charge in [0.2, 0.25) is 0 Å². The van der Waals surface area contributed by atoms with Crippen LogP contribution < -0.4 is 4.74 Å². The zero-order valence-corrected chi connectivity index (χ0v) is 16.0. The molecule has 1 aliphatic carbocycles. The Balaban J connectivity index is 1.86. The lowest BCUT2D eigenvalue weighted by molar-refractivity contribution is 0.338. The molecule has 0 fully saturated rings. The molecule has 21 heavy (non-hydrogen) atoms. The number of aryl methyl sites for hydroxylation is 2. The molecular formula is C17H18Br2OS. The van der Waals surface area contributed by atoms with Gasteiger partial charge in [0.1, 0.15) is 5.75 Å². The highest BCUT2D eigenvalue weighted by Gasteiger charge is 2.19. The molecular weight excluding hydrogens is 412 g/mol. The smallest absolute Gasteiger partial charge is 0.133 e. The summed E-state index contributed by atoms with van der Waals surface area (Å²) in [6, 6.07) is 8.74. The van der Waals surface area contributed by atoms with Crippen LogP contribution >= 0.6 is 43.2 Å². The predicted molar refractivity (Wildman–Crippen MR) is 97.0 cm³/mol. The summed E-state index contributed by atoms with van der Waals surface area (Å²) in [7, 11) is 0. The number of rotatable bonds is 4. The molecule has 1 heterocycles. The molecule has 0 aliphatic heterocycles. The maximum absolute atomic E-state index is 5.58. The Hall–Kier alpha value is -0.320. The van der Waals surface area contributed by atoms with Crippen LogP contribution in [0.1, 0.15) is 45.5 Å². The molecule has 1 atom stereocenters. The van der Waals surface area contributed by atoms with Gasteiger partial charge >= 0.3 is 0 Å². The van der Waals surface area contributed by atoms with Crippen molar-refractivity contribution in [2.24, 2.45) is 0 Å². The Bertz CT molecular complexity index is 612. The third-order valence-corrected chi connectivity index (χ3v) is 7.06. The molecule has 0 saturated carbocycles. The number of ether oxygens (including phenoxy) is 1. The van der Waals surface area contributed by atoms with Crippen LogP contribution in [0.5, 0.6) is 5.75 Å². The van der Waals surface area contributed by atoms with Crippen molar-refractivity contribution in [3.05, 3.63) is 49.6 Å². The molecule has 4 heteroatoms. The molecule has 0 N–H and O–H groups in total. The first-order valence-electron chi connectivity index (χ1n) is 7.37. The second kappa shape index (κ2) is 6.84. The third-order valence-electron chi connectivity index (χ3n) is 3.81. The number of halogens is 2. The van der Waals surface area contributed by atoms with Gasteiger partial charge in [0.15, 0.2) is 0 Å². The summed E-state index contributed by atoms with van der Waals surface area (Å²) >= 11 is 9.44. The number of alkyl halides is 1. The van der Waals surface area contributed by atoms with Crippen molar-refractivity contribution in [1.82, 2.24) is 0 Å². The standard InChI is InChI=1S/C17H18Br2OS/c1-2-20-14-8-7-12(9-13(14)18)17(19)16-10-11-5-3-4-6-15(11)21-16/h7-10,17H,2-6H2,1H3. The Morgan fingerprint density at radius 2 is 2.05 bits per heavy atom. The molecule has 112 valence electrons. The first-order valence-corrected chi connectivity index (χ1v) is 9.89. The molecule has 0 bridgehead atoms. The Kier molecular flexibility index (Phi) is 5.07. The average molecular weight is 430 g/mol. The normalized spacial score (nSPS) is 15.6. The van der Waals surface area contributed by atoms with E-state index in [9.17, 15) is 0 Å². The van der Waals surface area contributed by atoms with Crippen molar-refractivity contribution in [1.29, 1.82) is 0 Å². The minimum atomic E-state index is 0.264. The molecule has 2 aromatic rings. The van der Waals surface area contributed by atoms with E-state index in [0.717, 1.165) is 10.2 Å². The van der Waals surface area contributed by atoms with Gasteiger partial charge < -0.3 is 4.74 Å². The van der Waals surface area contributed by atoms with E-state index in [0.29, 0.717) is 6.61 Å². The summed E-state index contributed by atoms with van der Waals surface area (Å²) in [6.45, 7) is 2.69. The van der Waals surface area contributed by atoms with Gasteiger partial charge in [-0.3, -0.25) is 0 Å². The van der Waals surface area contributed by atoms with E-state index in [1.54, 1.807) is 10.4 Å². The maximum Gasteiger partial charge on any atom is 0.133 e. The average Bonchev–Trinajstić information content (AvgIpc) is 2.92. The number of benzene rings is 1. The van der Waals surface area contributed by atoms with Gasteiger partial charge in [-0.1, -0.05) is 22.0 Å². The maximum atomic E-state index is 5.58. The lowest BCUT2D eigenvalue weighted by Crippen LogP contribution is -1.96. The van der Waals surface area contributed by atoms with E-state index < -0.39 is 0 Å². The molecule has 1 aromatic carbocycles. The summed E-state index contributed by atoms with van der Waals surface area (Å²) in [5.41, 5.74) is 2.83. The monoisotopic (exact) mass is 428 g/mol. The van der Waals surface area contributed by atoms with Gasteiger partial charge in [0.25, 0.3) is 0 Å². The topological polar surface area (TPSA) is 9.23 Å². The minimum Gasteiger partial charge on any atom is -0.493 e. The van der Waals surface area contributed by atoms with E-state index >= 15 is 0 Å². The fourth-order valence-corrected chi connectivity index (χ4v) is 5.22. The lowest BCUT2D eigenvalue weighted by Gasteiger charge is -2.11. The SMILES string of the molecule is CCOc1ccc(C(Br)c2cc3c(s2)CCCC3)cc1Br. The summed E-state index contributed by atoms with van der Waals surface area (Å²) in [5, 5.41) is 0. The van der Waals surface area contributed by atoms with E-state index in [-0.39, 0.29) is 4.83 Å². The first kappa shape index (κ1) is 15.6. The van der Waals surface area contributed by atoms with Crippen molar-refractivity contribution in [3.8, 4) is 5.75 Å². The van der Waals surface area contributed by atoms with Gasteiger partial charge in [-0.2, -0.15) is 0 Å². The van der Waals surface area contributed by atoms with Gasteiger partial charge in [-0.15, -0.1) is 11.3 Å². The fraction of sp³-hybridized carbons (Fsp3) is 0.412. The van der Waals surface area contributed by atoms with Crippen LogP contribution in [0, 0.1) is 0 Å². The van der Waals surface area contributed by atoms with Crippen LogP contribution in [0.2, 0.25) is 0 Å². The van der Waals surface area contributed by atoms with Gasteiger partial charge in [-0.05, 0) is 77.9 Å². The second-order valence-electron chi connectivity index (χ2n) is 5.29. The Labute approximate surface area is 147 Å². The third kappa shape index (κ3) is 3.38. The van der Waals surface area contributed by atoms with Crippen LogP contribution in [0.3, 0.4) is 0 Å². The van der Waals surface area contributed by atoms with Crippen LogP contribution in [0.25, 0.3) is 0 Å². The zero-order chi connectivity index (χ0) is 14.8. The highest BCUT2D eigenvalue weighted by Crippen LogP contribution is 2.41. The molecule has 1 aromatic heterocycles. The Morgan fingerprint density at radius 1 is 1.24 bits per heavy atom. The van der Waals surface area contributed by atoms with Gasteiger partial charge in [0.05, 0.1) is 15.9 Å². The number of hydrogen-bond donors (Lipinski definition) is 0. The second-order valence-corrected chi connectivity index (χ2v) is 8.23. The summed E-state index contributed by atoms with van der Waals surface area (Å²) in [6.07, 6.45) is 5.18. The fourth-order valence-electron chi connectivity index (χ4n) is 2.75. The minimum absolute atomic E-state index is 0.264. The number of fused-ring (bicyclic) bond motifs is 1. The molecule has 1 aliphatic rings. The predicted octanol–water partition coefficient (Wildman–Crippen LogP) is 6.27. The summed E-state index contributed by atoms with van der Waals surface area (Å²) in [5.74, 6) is 0.909. The molecule has 0 saturated heterocycles. The van der Waals surface area contributed by atoms with Crippen LogP contribution in [0.4, 0.5) is 0 Å². The molecule has 1 unspecified atom stereocenters.